The Kier molecular flexibility index (Phi) is 3.52. The second-order valence-electron chi connectivity index (χ2n) is 5.46. The molecule has 110 valence electrons. The maximum absolute atomic E-state index is 14.1. The van der Waals surface area contributed by atoms with Crippen LogP contribution in [0, 0.1) is 11.7 Å². The number of halogens is 2. The molecule has 2 fully saturated rings. The fraction of sp³-hybridized carbons (Fsp3) is 0.538. The van der Waals surface area contributed by atoms with Crippen molar-refractivity contribution in [3.63, 3.8) is 0 Å². The minimum atomic E-state index is -3.86. The zero-order valence-electron chi connectivity index (χ0n) is 11.0. The number of rotatable bonds is 2. The second kappa shape index (κ2) is 4.94. The molecule has 1 N–H and O–H groups in total. The molecular formula is C13H16ClFN2O2S. The molecule has 0 aliphatic carbocycles. The Balaban J connectivity index is 2.05. The summed E-state index contributed by atoms with van der Waals surface area (Å²) in [5.41, 5.74) is 0. The van der Waals surface area contributed by atoms with Crippen molar-refractivity contribution in [1.82, 2.24) is 9.62 Å². The predicted molar refractivity (Wildman–Crippen MR) is 74.7 cm³/mol. The van der Waals surface area contributed by atoms with Gasteiger partial charge in [-0.2, -0.15) is 4.31 Å². The molecule has 1 aromatic carbocycles. The van der Waals surface area contributed by atoms with E-state index in [9.17, 15) is 12.8 Å². The van der Waals surface area contributed by atoms with Gasteiger partial charge in [0.15, 0.2) is 5.82 Å². The summed E-state index contributed by atoms with van der Waals surface area (Å²) in [6, 6.07) is 3.88. The van der Waals surface area contributed by atoms with Crippen molar-refractivity contribution in [2.24, 2.45) is 5.92 Å². The van der Waals surface area contributed by atoms with E-state index in [0.29, 0.717) is 12.5 Å². The Bertz CT molecular complexity index is 637. The highest BCUT2D eigenvalue weighted by Gasteiger charge is 2.48. The summed E-state index contributed by atoms with van der Waals surface area (Å²) in [6.07, 6.45) is 0.805. The molecule has 7 heteroatoms. The Labute approximate surface area is 123 Å². The summed E-state index contributed by atoms with van der Waals surface area (Å²) in [4.78, 5) is -0.329. The lowest BCUT2D eigenvalue weighted by Crippen LogP contribution is -2.42. The predicted octanol–water partition coefficient (Wildman–Crippen LogP) is 1.85. The summed E-state index contributed by atoms with van der Waals surface area (Å²) < 4.78 is 41.0. The van der Waals surface area contributed by atoms with E-state index in [2.05, 4.69) is 5.32 Å². The maximum atomic E-state index is 14.1. The number of benzene rings is 1. The Morgan fingerprint density at radius 2 is 2.15 bits per heavy atom. The van der Waals surface area contributed by atoms with Gasteiger partial charge in [0.05, 0.1) is 5.02 Å². The topological polar surface area (TPSA) is 49.4 Å². The van der Waals surface area contributed by atoms with Gasteiger partial charge in [-0.1, -0.05) is 17.7 Å². The van der Waals surface area contributed by atoms with E-state index >= 15 is 0 Å². The molecule has 2 saturated heterocycles. The molecule has 4 nitrogen and oxygen atoms in total. The molecule has 0 saturated carbocycles. The van der Waals surface area contributed by atoms with Crippen LogP contribution in [0.1, 0.15) is 13.3 Å². The van der Waals surface area contributed by atoms with Crippen LogP contribution in [-0.4, -0.2) is 37.9 Å². The molecule has 2 aliphatic rings. The smallest absolute Gasteiger partial charge is 0.246 e. The van der Waals surface area contributed by atoms with E-state index in [-0.39, 0.29) is 22.0 Å². The van der Waals surface area contributed by atoms with E-state index in [1.807, 2.05) is 6.92 Å². The fourth-order valence-electron chi connectivity index (χ4n) is 3.34. The summed E-state index contributed by atoms with van der Waals surface area (Å²) in [6.45, 7) is 3.31. The van der Waals surface area contributed by atoms with Crippen LogP contribution in [0.5, 0.6) is 0 Å². The number of fused-ring (bicyclic) bond motifs is 1. The van der Waals surface area contributed by atoms with Crippen molar-refractivity contribution in [2.45, 2.75) is 30.3 Å². The molecular weight excluding hydrogens is 303 g/mol. The number of nitrogens with one attached hydrogen (secondary N) is 1. The van der Waals surface area contributed by atoms with Gasteiger partial charge in [0.1, 0.15) is 4.90 Å². The third-order valence-corrected chi connectivity index (χ3v) is 6.53. The molecule has 3 atom stereocenters. The lowest BCUT2D eigenvalue weighted by molar-refractivity contribution is 0.334. The largest absolute Gasteiger partial charge is 0.315 e. The normalized spacial score (nSPS) is 30.6. The highest BCUT2D eigenvalue weighted by atomic mass is 35.5. The highest BCUT2D eigenvalue weighted by molar-refractivity contribution is 7.89. The summed E-state index contributed by atoms with van der Waals surface area (Å²) in [5.74, 6) is -0.558. The molecule has 0 radical (unpaired) electrons. The zero-order chi connectivity index (χ0) is 14.5. The van der Waals surface area contributed by atoms with Gasteiger partial charge in [-0.3, -0.25) is 0 Å². The van der Waals surface area contributed by atoms with Crippen LogP contribution >= 0.6 is 11.6 Å². The first kappa shape index (κ1) is 14.3. The van der Waals surface area contributed by atoms with E-state index in [4.69, 9.17) is 11.6 Å². The van der Waals surface area contributed by atoms with Gasteiger partial charge in [-0.25, -0.2) is 12.8 Å². The van der Waals surface area contributed by atoms with E-state index in [1.165, 1.54) is 22.5 Å². The van der Waals surface area contributed by atoms with Crippen LogP contribution in [0.4, 0.5) is 4.39 Å². The summed E-state index contributed by atoms with van der Waals surface area (Å²) in [5, 5.41) is 3.03. The van der Waals surface area contributed by atoms with Crippen LogP contribution in [0.3, 0.4) is 0 Å². The zero-order valence-corrected chi connectivity index (χ0v) is 12.6. The van der Waals surface area contributed by atoms with Gasteiger partial charge in [0, 0.05) is 18.6 Å². The first-order valence-corrected chi connectivity index (χ1v) is 8.43. The standard InChI is InChI=1S/C13H16ClFN2O2S/c1-8-5-9-6-16-7-11(9)17(8)20(18,19)12-4-2-3-10(14)13(12)15/h2-4,8-9,11,16H,5-7H2,1H3. The van der Waals surface area contributed by atoms with Crippen molar-refractivity contribution in [1.29, 1.82) is 0 Å². The highest BCUT2D eigenvalue weighted by Crippen LogP contribution is 2.37. The summed E-state index contributed by atoms with van der Waals surface area (Å²) >= 11 is 5.70. The van der Waals surface area contributed by atoms with Gasteiger partial charge in [-0.05, 0) is 37.9 Å². The van der Waals surface area contributed by atoms with Crippen LogP contribution in [0.25, 0.3) is 0 Å². The van der Waals surface area contributed by atoms with E-state index < -0.39 is 15.8 Å². The van der Waals surface area contributed by atoms with Crippen LogP contribution in [0.15, 0.2) is 23.1 Å². The fourth-order valence-corrected chi connectivity index (χ4v) is 5.55. The number of sulfonamides is 1. The van der Waals surface area contributed by atoms with E-state index in [1.54, 1.807) is 0 Å². The third-order valence-electron chi connectivity index (χ3n) is 4.18. The molecule has 3 unspecified atom stereocenters. The molecule has 0 bridgehead atoms. The Morgan fingerprint density at radius 3 is 2.90 bits per heavy atom. The van der Waals surface area contributed by atoms with Crippen LogP contribution in [0.2, 0.25) is 5.02 Å². The average molecular weight is 319 g/mol. The lowest BCUT2D eigenvalue weighted by Gasteiger charge is -2.26. The maximum Gasteiger partial charge on any atom is 0.246 e. The Hall–Kier alpha value is -0.690. The van der Waals surface area contributed by atoms with Crippen molar-refractivity contribution in [3.8, 4) is 0 Å². The monoisotopic (exact) mass is 318 g/mol. The molecule has 0 aromatic heterocycles. The number of hydrogen-bond acceptors (Lipinski definition) is 3. The SMILES string of the molecule is CC1CC2CNCC2N1S(=O)(=O)c1cccc(Cl)c1F. The minimum Gasteiger partial charge on any atom is -0.315 e. The molecule has 20 heavy (non-hydrogen) atoms. The third kappa shape index (κ3) is 2.06. The summed E-state index contributed by atoms with van der Waals surface area (Å²) in [7, 11) is -3.86. The van der Waals surface area contributed by atoms with Crippen LogP contribution < -0.4 is 5.32 Å². The molecule has 0 amide bonds. The number of hydrogen-bond donors (Lipinski definition) is 1. The van der Waals surface area contributed by atoms with Crippen molar-refractivity contribution in [3.05, 3.63) is 29.0 Å². The van der Waals surface area contributed by atoms with Gasteiger partial charge in [0.25, 0.3) is 0 Å². The first-order valence-electron chi connectivity index (χ1n) is 6.61. The number of nitrogens with zero attached hydrogens (tertiary/aromatic N) is 1. The van der Waals surface area contributed by atoms with Gasteiger partial charge in [-0.15, -0.1) is 0 Å². The molecule has 2 heterocycles. The van der Waals surface area contributed by atoms with Crippen molar-refractivity contribution >= 4 is 21.6 Å². The van der Waals surface area contributed by atoms with Gasteiger partial charge in [0.2, 0.25) is 10.0 Å². The quantitative estimate of drug-likeness (QED) is 0.905. The Morgan fingerprint density at radius 1 is 1.40 bits per heavy atom. The lowest BCUT2D eigenvalue weighted by atomic mass is 10.0. The molecule has 3 rings (SSSR count). The second-order valence-corrected chi connectivity index (χ2v) is 7.68. The molecule has 2 aliphatic heterocycles. The van der Waals surface area contributed by atoms with E-state index in [0.717, 1.165) is 13.0 Å². The van der Waals surface area contributed by atoms with Gasteiger partial charge < -0.3 is 5.32 Å². The average Bonchev–Trinajstić information content (AvgIpc) is 2.91. The van der Waals surface area contributed by atoms with Crippen molar-refractivity contribution in [2.75, 3.05) is 13.1 Å². The van der Waals surface area contributed by atoms with Gasteiger partial charge >= 0.3 is 0 Å². The first-order chi connectivity index (χ1) is 9.43. The minimum absolute atomic E-state index is 0.0895. The van der Waals surface area contributed by atoms with Crippen molar-refractivity contribution < 1.29 is 12.8 Å². The van der Waals surface area contributed by atoms with Crippen LogP contribution in [-0.2, 0) is 10.0 Å². The molecule has 0 spiro atoms. The molecule has 1 aromatic rings.